The van der Waals surface area contributed by atoms with E-state index < -0.39 is 18.1 Å². The summed E-state index contributed by atoms with van der Waals surface area (Å²) in [6.45, 7) is 0.601. The fourth-order valence-electron chi connectivity index (χ4n) is 5.08. The van der Waals surface area contributed by atoms with Gasteiger partial charge in [-0.1, -0.05) is 48.5 Å². The van der Waals surface area contributed by atoms with Crippen molar-refractivity contribution in [1.29, 1.82) is 0 Å². The molecule has 4 rings (SSSR count). The second-order valence-corrected chi connectivity index (χ2v) is 8.79. The molecule has 2 aliphatic rings. The third-order valence-corrected chi connectivity index (χ3v) is 6.70. The van der Waals surface area contributed by atoms with Crippen molar-refractivity contribution in [2.75, 3.05) is 19.8 Å². The first kappa shape index (κ1) is 23.8. The lowest BCUT2D eigenvalue weighted by Gasteiger charge is -2.29. The lowest BCUT2D eigenvalue weighted by Crippen LogP contribution is -2.50. The second kappa shape index (κ2) is 10.7. The Morgan fingerprint density at radius 2 is 1.71 bits per heavy atom. The molecule has 0 bridgehead atoms. The molecule has 0 aromatic heterocycles. The zero-order valence-corrected chi connectivity index (χ0v) is 19.0. The Bertz CT molecular complexity index is 1010. The van der Waals surface area contributed by atoms with Crippen LogP contribution in [-0.4, -0.2) is 64.9 Å². The van der Waals surface area contributed by atoms with E-state index in [0.29, 0.717) is 13.0 Å². The third kappa shape index (κ3) is 5.07. The number of ether oxygens (including phenoxy) is 1. The number of fused-ring (bicyclic) bond motifs is 3. The standard InChI is InChI=1S/C26H30N2O6/c29-15-13-17-6-5-14-28(17)25(32)23(11-12-24(30)31)27-26(33)34-16-22-20-9-3-1-7-18(20)19-8-2-4-10-21(19)22/h1-4,7-10,17,22-23,29H,5-6,11-16H2,(H,27,33)(H,30,31). The van der Waals surface area contributed by atoms with Gasteiger partial charge in [-0.25, -0.2) is 4.79 Å². The van der Waals surface area contributed by atoms with Gasteiger partial charge in [-0.05, 0) is 47.9 Å². The molecule has 0 spiro atoms. The number of carbonyl (C=O) groups excluding carboxylic acids is 2. The molecular weight excluding hydrogens is 436 g/mol. The topological polar surface area (TPSA) is 116 Å². The molecule has 2 unspecified atom stereocenters. The van der Waals surface area contributed by atoms with Crippen LogP contribution in [0.15, 0.2) is 48.5 Å². The van der Waals surface area contributed by atoms with Crippen LogP contribution in [0.1, 0.15) is 49.1 Å². The molecule has 0 radical (unpaired) electrons. The lowest BCUT2D eigenvalue weighted by molar-refractivity contribution is -0.138. The Kier molecular flexibility index (Phi) is 7.47. The van der Waals surface area contributed by atoms with Crippen molar-refractivity contribution >= 4 is 18.0 Å². The number of aliphatic hydroxyl groups excluding tert-OH is 1. The second-order valence-electron chi connectivity index (χ2n) is 8.79. The van der Waals surface area contributed by atoms with Crippen LogP contribution < -0.4 is 5.32 Å². The summed E-state index contributed by atoms with van der Waals surface area (Å²) in [6.07, 6.45) is 1.03. The largest absolute Gasteiger partial charge is 0.481 e. The summed E-state index contributed by atoms with van der Waals surface area (Å²) in [5.74, 6) is -1.48. The van der Waals surface area contributed by atoms with Crippen LogP contribution >= 0.6 is 0 Å². The number of hydrogen-bond acceptors (Lipinski definition) is 5. The minimum Gasteiger partial charge on any atom is -0.481 e. The van der Waals surface area contributed by atoms with Crippen molar-refractivity contribution in [3.63, 3.8) is 0 Å². The molecule has 180 valence electrons. The Morgan fingerprint density at radius 1 is 1.06 bits per heavy atom. The Hall–Kier alpha value is -3.39. The van der Waals surface area contributed by atoms with E-state index in [1.807, 2.05) is 48.5 Å². The quantitative estimate of drug-likeness (QED) is 0.523. The van der Waals surface area contributed by atoms with E-state index in [4.69, 9.17) is 9.84 Å². The maximum absolute atomic E-state index is 13.1. The van der Waals surface area contributed by atoms with Gasteiger partial charge in [0.15, 0.2) is 0 Å². The van der Waals surface area contributed by atoms with Gasteiger partial charge < -0.3 is 25.2 Å². The molecule has 1 heterocycles. The fraction of sp³-hybridized carbons (Fsp3) is 0.423. The maximum atomic E-state index is 13.1. The molecule has 3 N–H and O–H groups in total. The molecule has 1 aliphatic heterocycles. The van der Waals surface area contributed by atoms with Gasteiger partial charge in [0.2, 0.25) is 5.91 Å². The first-order valence-corrected chi connectivity index (χ1v) is 11.7. The Morgan fingerprint density at radius 3 is 2.32 bits per heavy atom. The molecule has 0 saturated carbocycles. The van der Waals surface area contributed by atoms with Crippen molar-refractivity contribution in [3.8, 4) is 11.1 Å². The maximum Gasteiger partial charge on any atom is 0.407 e. The highest BCUT2D eigenvalue weighted by molar-refractivity contribution is 5.87. The number of aliphatic carboxylic acids is 1. The van der Waals surface area contributed by atoms with Crippen molar-refractivity contribution in [2.45, 2.75) is 50.1 Å². The van der Waals surface area contributed by atoms with E-state index in [2.05, 4.69) is 5.32 Å². The molecule has 2 atom stereocenters. The van der Waals surface area contributed by atoms with Gasteiger partial charge in [-0.2, -0.15) is 0 Å². The SMILES string of the molecule is O=C(O)CCC(NC(=O)OCC1c2ccccc2-c2ccccc21)C(=O)N1CCCC1CCO. The van der Waals surface area contributed by atoms with E-state index in [-0.39, 0.29) is 43.9 Å². The highest BCUT2D eigenvalue weighted by Crippen LogP contribution is 2.44. The van der Waals surface area contributed by atoms with Crippen LogP contribution in [0.5, 0.6) is 0 Å². The van der Waals surface area contributed by atoms with E-state index in [9.17, 15) is 19.5 Å². The van der Waals surface area contributed by atoms with E-state index in [1.165, 1.54) is 0 Å². The summed E-state index contributed by atoms with van der Waals surface area (Å²) in [5, 5.41) is 21.0. The molecule has 1 aliphatic carbocycles. The smallest absolute Gasteiger partial charge is 0.407 e. The molecule has 34 heavy (non-hydrogen) atoms. The number of hydrogen-bond donors (Lipinski definition) is 3. The van der Waals surface area contributed by atoms with Gasteiger partial charge in [0.25, 0.3) is 0 Å². The predicted octanol–water partition coefficient (Wildman–Crippen LogP) is 3.13. The van der Waals surface area contributed by atoms with Gasteiger partial charge in [0.05, 0.1) is 0 Å². The molecule has 2 amide bonds. The Balaban J connectivity index is 1.43. The van der Waals surface area contributed by atoms with Gasteiger partial charge in [0, 0.05) is 31.5 Å². The van der Waals surface area contributed by atoms with Gasteiger partial charge in [-0.15, -0.1) is 0 Å². The highest BCUT2D eigenvalue weighted by atomic mass is 16.5. The van der Waals surface area contributed by atoms with E-state index in [0.717, 1.165) is 35.1 Å². The van der Waals surface area contributed by atoms with Crippen molar-refractivity contribution in [2.24, 2.45) is 0 Å². The minimum atomic E-state index is -1.04. The number of amides is 2. The molecule has 1 fully saturated rings. The number of nitrogens with one attached hydrogen (secondary N) is 1. The fourth-order valence-corrected chi connectivity index (χ4v) is 5.08. The van der Waals surface area contributed by atoms with Crippen LogP contribution in [-0.2, 0) is 14.3 Å². The number of carboxylic acid groups (broad SMARTS) is 1. The number of carbonyl (C=O) groups is 3. The number of rotatable bonds is 9. The molecular formula is C26H30N2O6. The summed E-state index contributed by atoms with van der Waals surface area (Å²) in [4.78, 5) is 38.6. The Labute approximate surface area is 198 Å². The normalized spacial score (nSPS) is 17.7. The predicted molar refractivity (Wildman–Crippen MR) is 125 cm³/mol. The minimum absolute atomic E-state index is 0.0271. The van der Waals surface area contributed by atoms with Crippen LogP contribution in [0.25, 0.3) is 11.1 Å². The third-order valence-electron chi connectivity index (χ3n) is 6.70. The number of carboxylic acids is 1. The van der Waals surface area contributed by atoms with Crippen LogP contribution in [0, 0.1) is 0 Å². The average molecular weight is 467 g/mol. The van der Waals surface area contributed by atoms with Gasteiger partial charge in [0.1, 0.15) is 12.6 Å². The number of aliphatic hydroxyl groups is 1. The molecule has 2 aromatic carbocycles. The first-order valence-electron chi connectivity index (χ1n) is 11.7. The van der Waals surface area contributed by atoms with Crippen LogP contribution in [0.3, 0.4) is 0 Å². The average Bonchev–Trinajstić information content (AvgIpc) is 3.43. The molecule has 8 heteroatoms. The zero-order chi connectivity index (χ0) is 24.1. The summed E-state index contributed by atoms with van der Waals surface area (Å²) >= 11 is 0. The van der Waals surface area contributed by atoms with Crippen LogP contribution in [0.2, 0.25) is 0 Å². The lowest BCUT2D eigenvalue weighted by atomic mass is 9.98. The number of benzene rings is 2. The highest BCUT2D eigenvalue weighted by Gasteiger charge is 2.34. The van der Waals surface area contributed by atoms with Crippen LogP contribution in [0.4, 0.5) is 4.79 Å². The molecule has 2 aromatic rings. The summed E-state index contributed by atoms with van der Waals surface area (Å²) in [7, 11) is 0. The number of likely N-dealkylation sites (tertiary alicyclic amines) is 1. The monoisotopic (exact) mass is 466 g/mol. The van der Waals surface area contributed by atoms with Gasteiger partial charge >= 0.3 is 12.1 Å². The van der Waals surface area contributed by atoms with Crippen molar-refractivity contribution in [1.82, 2.24) is 10.2 Å². The zero-order valence-electron chi connectivity index (χ0n) is 19.0. The van der Waals surface area contributed by atoms with Crippen molar-refractivity contribution in [3.05, 3.63) is 59.7 Å². The number of nitrogens with zero attached hydrogens (tertiary/aromatic N) is 1. The van der Waals surface area contributed by atoms with E-state index in [1.54, 1.807) is 4.90 Å². The van der Waals surface area contributed by atoms with Gasteiger partial charge in [-0.3, -0.25) is 9.59 Å². The van der Waals surface area contributed by atoms with Crippen molar-refractivity contribution < 1.29 is 29.3 Å². The van der Waals surface area contributed by atoms with E-state index >= 15 is 0 Å². The molecule has 8 nitrogen and oxygen atoms in total. The summed E-state index contributed by atoms with van der Waals surface area (Å²) in [5.41, 5.74) is 4.40. The number of alkyl carbamates (subject to hydrolysis) is 1. The molecule has 1 saturated heterocycles. The summed E-state index contributed by atoms with van der Waals surface area (Å²) < 4.78 is 5.56. The summed E-state index contributed by atoms with van der Waals surface area (Å²) in [6, 6.07) is 14.9. The first-order chi connectivity index (χ1) is 16.5.